The number of ketones is 1. The standard InChI is InChI=1S/C19H16N2O3S/c1-14-2-8-18(9-3-14)25(23,24)21-17-6-4-15(5-7-17)19(22)16-10-12-20-13-11-16/h2-13,21H,1H3. The van der Waals surface area contributed by atoms with E-state index in [0.29, 0.717) is 16.8 Å². The summed E-state index contributed by atoms with van der Waals surface area (Å²) in [6.07, 6.45) is 3.11. The zero-order valence-corrected chi connectivity index (χ0v) is 14.3. The van der Waals surface area contributed by atoms with Gasteiger partial charge in [-0.05, 0) is 55.5 Å². The number of nitrogens with one attached hydrogen (secondary N) is 1. The number of aromatic nitrogens is 1. The summed E-state index contributed by atoms with van der Waals surface area (Å²) in [4.78, 5) is 16.4. The molecule has 1 N–H and O–H groups in total. The molecule has 0 unspecified atom stereocenters. The summed E-state index contributed by atoms with van der Waals surface area (Å²) >= 11 is 0. The van der Waals surface area contributed by atoms with E-state index in [0.717, 1.165) is 5.56 Å². The number of sulfonamides is 1. The molecule has 126 valence electrons. The Kier molecular flexibility index (Phi) is 4.63. The van der Waals surface area contributed by atoms with Gasteiger partial charge in [0.25, 0.3) is 10.0 Å². The van der Waals surface area contributed by atoms with E-state index in [2.05, 4.69) is 9.71 Å². The summed E-state index contributed by atoms with van der Waals surface area (Å²) in [7, 11) is -3.66. The number of nitrogens with zero attached hydrogens (tertiary/aromatic N) is 1. The molecule has 0 fully saturated rings. The van der Waals surface area contributed by atoms with Crippen molar-refractivity contribution in [3.63, 3.8) is 0 Å². The zero-order valence-electron chi connectivity index (χ0n) is 13.5. The average Bonchev–Trinajstić information content (AvgIpc) is 2.62. The van der Waals surface area contributed by atoms with Crippen molar-refractivity contribution in [3.05, 3.63) is 89.7 Å². The molecule has 0 aliphatic rings. The summed E-state index contributed by atoms with van der Waals surface area (Å²) in [5.41, 5.74) is 2.39. The predicted octanol–water partition coefficient (Wildman–Crippen LogP) is 3.42. The Morgan fingerprint density at radius 3 is 2.00 bits per heavy atom. The molecule has 0 radical (unpaired) electrons. The first-order chi connectivity index (χ1) is 12.0. The van der Waals surface area contributed by atoms with Gasteiger partial charge in [0.1, 0.15) is 0 Å². The van der Waals surface area contributed by atoms with Crippen LogP contribution in [0.25, 0.3) is 0 Å². The highest BCUT2D eigenvalue weighted by Crippen LogP contribution is 2.18. The van der Waals surface area contributed by atoms with Gasteiger partial charge in [0, 0.05) is 29.2 Å². The Morgan fingerprint density at radius 1 is 0.840 bits per heavy atom. The minimum Gasteiger partial charge on any atom is -0.289 e. The third-order valence-electron chi connectivity index (χ3n) is 3.67. The van der Waals surface area contributed by atoms with E-state index in [1.807, 2.05) is 6.92 Å². The second-order valence-electron chi connectivity index (χ2n) is 5.56. The van der Waals surface area contributed by atoms with E-state index in [1.54, 1.807) is 73.1 Å². The molecule has 6 heteroatoms. The molecular formula is C19H16N2O3S. The molecule has 0 saturated carbocycles. The molecular weight excluding hydrogens is 336 g/mol. The van der Waals surface area contributed by atoms with Crippen LogP contribution in [0.5, 0.6) is 0 Å². The Bertz CT molecular complexity index is 981. The molecule has 0 spiro atoms. The van der Waals surface area contributed by atoms with Gasteiger partial charge in [-0.1, -0.05) is 17.7 Å². The van der Waals surface area contributed by atoms with Gasteiger partial charge in [-0.15, -0.1) is 0 Å². The van der Waals surface area contributed by atoms with Gasteiger partial charge in [-0.25, -0.2) is 8.42 Å². The van der Waals surface area contributed by atoms with Crippen molar-refractivity contribution in [2.24, 2.45) is 0 Å². The van der Waals surface area contributed by atoms with Crippen molar-refractivity contribution in [1.29, 1.82) is 0 Å². The number of benzene rings is 2. The summed E-state index contributed by atoms with van der Waals surface area (Å²) in [6.45, 7) is 1.89. The first kappa shape index (κ1) is 16.9. The van der Waals surface area contributed by atoms with E-state index in [9.17, 15) is 13.2 Å². The molecule has 3 rings (SSSR count). The highest BCUT2D eigenvalue weighted by Gasteiger charge is 2.14. The van der Waals surface area contributed by atoms with Crippen LogP contribution in [0.15, 0.2) is 78.0 Å². The minimum atomic E-state index is -3.66. The number of aryl methyl sites for hydroxylation is 1. The van der Waals surface area contributed by atoms with Crippen LogP contribution < -0.4 is 4.72 Å². The van der Waals surface area contributed by atoms with E-state index >= 15 is 0 Å². The van der Waals surface area contributed by atoms with Crippen molar-refractivity contribution in [2.45, 2.75) is 11.8 Å². The zero-order chi connectivity index (χ0) is 17.9. The molecule has 5 nitrogen and oxygen atoms in total. The van der Waals surface area contributed by atoms with Crippen LogP contribution in [-0.4, -0.2) is 19.2 Å². The van der Waals surface area contributed by atoms with Crippen LogP contribution in [0.2, 0.25) is 0 Å². The first-order valence-electron chi connectivity index (χ1n) is 7.60. The third-order valence-corrected chi connectivity index (χ3v) is 5.07. The van der Waals surface area contributed by atoms with Gasteiger partial charge in [-0.3, -0.25) is 14.5 Å². The molecule has 3 aromatic rings. The molecule has 1 aromatic heterocycles. The third kappa shape index (κ3) is 3.92. The number of carbonyl (C=O) groups excluding carboxylic acids is 1. The molecule has 25 heavy (non-hydrogen) atoms. The molecule has 1 heterocycles. The fraction of sp³-hybridized carbons (Fsp3) is 0.0526. The molecule has 0 bridgehead atoms. The van der Waals surface area contributed by atoms with Gasteiger partial charge in [-0.2, -0.15) is 0 Å². The van der Waals surface area contributed by atoms with Crippen molar-refractivity contribution in [1.82, 2.24) is 4.98 Å². The van der Waals surface area contributed by atoms with Crippen LogP contribution in [0.3, 0.4) is 0 Å². The summed E-state index contributed by atoms with van der Waals surface area (Å²) in [5, 5.41) is 0. The van der Waals surface area contributed by atoms with E-state index in [-0.39, 0.29) is 10.7 Å². The number of carbonyl (C=O) groups is 1. The molecule has 2 aromatic carbocycles. The predicted molar refractivity (Wildman–Crippen MR) is 96.1 cm³/mol. The number of pyridine rings is 1. The molecule has 0 atom stereocenters. The second kappa shape index (κ2) is 6.86. The fourth-order valence-corrected chi connectivity index (χ4v) is 3.35. The molecule has 0 aliphatic heterocycles. The monoisotopic (exact) mass is 352 g/mol. The number of anilines is 1. The average molecular weight is 352 g/mol. The van der Waals surface area contributed by atoms with Gasteiger partial charge in [0.15, 0.2) is 5.78 Å². The molecule has 0 saturated heterocycles. The Hall–Kier alpha value is -2.99. The second-order valence-corrected chi connectivity index (χ2v) is 7.24. The van der Waals surface area contributed by atoms with Gasteiger partial charge in [0.05, 0.1) is 4.90 Å². The topological polar surface area (TPSA) is 76.1 Å². The highest BCUT2D eigenvalue weighted by atomic mass is 32.2. The largest absolute Gasteiger partial charge is 0.289 e. The fourth-order valence-electron chi connectivity index (χ4n) is 2.29. The maximum atomic E-state index is 12.4. The van der Waals surface area contributed by atoms with E-state index in [1.165, 1.54) is 0 Å². The minimum absolute atomic E-state index is 0.143. The quantitative estimate of drug-likeness (QED) is 0.714. The van der Waals surface area contributed by atoms with E-state index < -0.39 is 10.0 Å². The lowest BCUT2D eigenvalue weighted by Crippen LogP contribution is -2.13. The lowest BCUT2D eigenvalue weighted by Gasteiger charge is -2.09. The van der Waals surface area contributed by atoms with Crippen molar-refractivity contribution in [2.75, 3.05) is 4.72 Å². The van der Waals surface area contributed by atoms with E-state index in [4.69, 9.17) is 0 Å². The number of hydrogen-bond donors (Lipinski definition) is 1. The van der Waals surface area contributed by atoms with Crippen LogP contribution in [0, 0.1) is 6.92 Å². The highest BCUT2D eigenvalue weighted by molar-refractivity contribution is 7.92. The van der Waals surface area contributed by atoms with Crippen molar-refractivity contribution < 1.29 is 13.2 Å². The molecule has 0 amide bonds. The van der Waals surface area contributed by atoms with Gasteiger partial charge in [0.2, 0.25) is 0 Å². The normalized spacial score (nSPS) is 11.1. The van der Waals surface area contributed by atoms with Crippen LogP contribution in [-0.2, 0) is 10.0 Å². The van der Waals surface area contributed by atoms with Gasteiger partial charge < -0.3 is 0 Å². The molecule has 0 aliphatic carbocycles. The Labute approximate surface area is 146 Å². The lowest BCUT2D eigenvalue weighted by molar-refractivity contribution is 0.103. The SMILES string of the molecule is Cc1ccc(S(=O)(=O)Nc2ccc(C(=O)c3ccncc3)cc2)cc1. The summed E-state index contributed by atoms with van der Waals surface area (Å²) < 4.78 is 27.2. The van der Waals surface area contributed by atoms with Crippen LogP contribution in [0.4, 0.5) is 5.69 Å². The maximum Gasteiger partial charge on any atom is 0.261 e. The number of rotatable bonds is 5. The smallest absolute Gasteiger partial charge is 0.261 e. The number of hydrogen-bond acceptors (Lipinski definition) is 4. The van der Waals surface area contributed by atoms with Crippen LogP contribution >= 0.6 is 0 Å². The lowest BCUT2D eigenvalue weighted by atomic mass is 10.0. The Morgan fingerprint density at radius 2 is 1.40 bits per heavy atom. The van der Waals surface area contributed by atoms with Crippen molar-refractivity contribution >= 4 is 21.5 Å². The van der Waals surface area contributed by atoms with Crippen LogP contribution in [0.1, 0.15) is 21.5 Å². The van der Waals surface area contributed by atoms with Gasteiger partial charge >= 0.3 is 0 Å². The summed E-state index contributed by atoms with van der Waals surface area (Å²) in [6, 6.07) is 16.2. The van der Waals surface area contributed by atoms with Crippen molar-refractivity contribution in [3.8, 4) is 0 Å². The summed E-state index contributed by atoms with van der Waals surface area (Å²) in [5.74, 6) is -0.143. The maximum absolute atomic E-state index is 12.4. The Balaban J connectivity index is 1.79. The first-order valence-corrected chi connectivity index (χ1v) is 9.08.